The Kier molecular flexibility index (Phi) is 4.28. The second-order valence-electron chi connectivity index (χ2n) is 8.97. The van der Waals surface area contributed by atoms with Crippen molar-refractivity contribution in [1.29, 1.82) is 0 Å². The SMILES string of the molecule is CC(C)(C)C1c2[nH]c3ccccc3c2CCN1Cc1cccn1-c1ncccn1. The molecular formula is C24H27N5. The number of nitrogens with zero attached hydrogens (tertiary/aromatic N) is 4. The van der Waals surface area contributed by atoms with Crippen LogP contribution in [-0.2, 0) is 13.0 Å². The van der Waals surface area contributed by atoms with Gasteiger partial charge >= 0.3 is 0 Å². The van der Waals surface area contributed by atoms with Gasteiger partial charge < -0.3 is 4.98 Å². The molecule has 1 atom stereocenters. The molecule has 0 spiro atoms. The lowest BCUT2D eigenvalue weighted by Gasteiger charge is -2.43. The molecule has 3 aromatic heterocycles. The van der Waals surface area contributed by atoms with Crippen LogP contribution in [0.4, 0.5) is 0 Å². The molecular weight excluding hydrogens is 358 g/mol. The van der Waals surface area contributed by atoms with E-state index in [4.69, 9.17) is 0 Å². The molecule has 0 fully saturated rings. The summed E-state index contributed by atoms with van der Waals surface area (Å²) in [6.45, 7) is 8.92. The fourth-order valence-corrected chi connectivity index (χ4v) is 4.81. The Hall–Kier alpha value is -2.92. The number of hydrogen-bond donors (Lipinski definition) is 1. The van der Waals surface area contributed by atoms with Crippen molar-refractivity contribution in [3.63, 3.8) is 0 Å². The van der Waals surface area contributed by atoms with E-state index in [1.807, 2.05) is 6.07 Å². The molecule has 4 heterocycles. The molecule has 148 valence electrons. The van der Waals surface area contributed by atoms with Crippen molar-refractivity contribution in [2.24, 2.45) is 5.41 Å². The molecule has 1 aliphatic rings. The normalized spacial score (nSPS) is 17.6. The predicted octanol–water partition coefficient (Wildman–Crippen LogP) is 4.89. The standard InChI is InChI=1S/C24H27N5/c1-24(2,3)22-21-19(18-9-4-5-10-20(18)27-21)11-15-28(22)16-17-8-6-14-29(17)23-25-12-7-13-26-23/h4-10,12-14,22,27H,11,15-16H2,1-3H3. The van der Waals surface area contributed by atoms with E-state index in [0.717, 1.165) is 25.5 Å². The molecule has 0 amide bonds. The van der Waals surface area contributed by atoms with Crippen molar-refractivity contribution >= 4 is 10.9 Å². The van der Waals surface area contributed by atoms with Crippen molar-refractivity contribution in [2.75, 3.05) is 6.54 Å². The smallest absolute Gasteiger partial charge is 0.233 e. The van der Waals surface area contributed by atoms with E-state index in [0.29, 0.717) is 6.04 Å². The summed E-state index contributed by atoms with van der Waals surface area (Å²) in [4.78, 5) is 15.2. The predicted molar refractivity (Wildman–Crippen MR) is 116 cm³/mol. The summed E-state index contributed by atoms with van der Waals surface area (Å²) < 4.78 is 2.10. The maximum atomic E-state index is 4.43. The topological polar surface area (TPSA) is 49.7 Å². The number of rotatable bonds is 3. The minimum atomic E-state index is 0.108. The van der Waals surface area contributed by atoms with E-state index in [-0.39, 0.29) is 5.41 Å². The second kappa shape index (κ2) is 6.85. The minimum absolute atomic E-state index is 0.108. The molecule has 0 bridgehead atoms. The lowest BCUT2D eigenvalue weighted by molar-refractivity contribution is 0.0777. The van der Waals surface area contributed by atoms with Gasteiger partial charge in [0.15, 0.2) is 0 Å². The fourth-order valence-electron chi connectivity index (χ4n) is 4.81. The van der Waals surface area contributed by atoms with Gasteiger partial charge in [-0.1, -0.05) is 39.0 Å². The lowest BCUT2D eigenvalue weighted by Crippen LogP contribution is -2.41. The minimum Gasteiger partial charge on any atom is -0.357 e. The third kappa shape index (κ3) is 3.15. The number of aromatic nitrogens is 4. The molecule has 1 unspecified atom stereocenters. The van der Waals surface area contributed by atoms with Crippen molar-refractivity contribution in [1.82, 2.24) is 24.4 Å². The molecule has 29 heavy (non-hydrogen) atoms. The van der Waals surface area contributed by atoms with Crippen LogP contribution in [0, 0.1) is 5.41 Å². The number of benzene rings is 1. The molecule has 1 N–H and O–H groups in total. The summed E-state index contributed by atoms with van der Waals surface area (Å²) in [6, 6.07) is 15.1. The van der Waals surface area contributed by atoms with Gasteiger partial charge in [-0.2, -0.15) is 0 Å². The van der Waals surface area contributed by atoms with E-state index in [1.54, 1.807) is 12.4 Å². The number of fused-ring (bicyclic) bond motifs is 3. The van der Waals surface area contributed by atoms with Gasteiger partial charge in [0, 0.05) is 54.0 Å². The first-order chi connectivity index (χ1) is 14.0. The Morgan fingerprint density at radius 2 is 1.83 bits per heavy atom. The Morgan fingerprint density at radius 3 is 2.62 bits per heavy atom. The number of aromatic amines is 1. The van der Waals surface area contributed by atoms with Crippen LogP contribution in [0.1, 0.15) is 43.8 Å². The Balaban J connectivity index is 1.54. The first kappa shape index (κ1) is 18.1. The highest BCUT2D eigenvalue weighted by Gasteiger charge is 2.38. The quantitative estimate of drug-likeness (QED) is 0.546. The number of para-hydroxylation sites is 1. The molecule has 5 heteroatoms. The number of nitrogens with one attached hydrogen (secondary N) is 1. The van der Waals surface area contributed by atoms with Gasteiger partial charge in [0.05, 0.1) is 6.04 Å². The number of hydrogen-bond acceptors (Lipinski definition) is 3. The maximum Gasteiger partial charge on any atom is 0.233 e. The van der Waals surface area contributed by atoms with E-state index in [1.165, 1.54) is 27.9 Å². The zero-order chi connectivity index (χ0) is 20.0. The van der Waals surface area contributed by atoms with Gasteiger partial charge in [0.2, 0.25) is 5.95 Å². The Morgan fingerprint density at radius 1 is 1.03 bits per heavy atom. The summed E-state index contributed by atoms with van der Waals surface area (Å²) in [5.41, 5.74) is 5.42. The molecule has 5 nitrogen and oxygen atoms in total. The Bertz CT molecular complexity index is 1130. The van der Waals surface area contributed by atoms with Crippen molar-refractivity contribution in [2.45, 2.75) is 39.8 Å². The lowest BCUT2D eigenvalue weighted by atomic mass is 9.79. The van der Waals surface area contributed by atoms with Gasteiger partial charge in [-0.05, 0) is 41.7 Å². The molecule has 4 aromatic rings. The number of H-pyrrole nitrogens is 1. The van der Waals surface area contributed by atoms with Crippen LogP contribution in [0.3, 0.4) is 0 Å². The van der Waals surface area contributed by atoms with Gasteiger partial charge in [-0.3, -0.25) is 9.47 Å². The first-order valence-corrected chi connectivity index (χ1v) is 10.3. The van der Waals surface area contributed by atoms with Gasteiger partial charge in [0.1, 0.15) is 0 Å². The maximum absolute atomic E-state index is 4.43. The zero-order valence-electron chi connectivity index (χ0n) is 17.3. The van der Waals surface area contributed by atoms with Gasteiger partial charge in [-0.25, -0.2) is 9.97 Å². The van der Waals surface area contributed by atoms with Crippen LogP contribution in [0.2, 0.25) is 0 Å². The fraction of sp³-hybridized carbons (Fsp3) is 0.333. The van der Waals surface area contributed by atoms with E-state index in [9.17, 15) is 0 Å². The molecule has 1 aliphatic heterocycles. The average molecular weight is 386 g/mol. The summed E-state index contributed by atoms with van der Waals surface area (Å²) in [5.74, 6) is 0.725. The van der Waals surface area contributed by atoms with Crippen LogP contribution in [0.25, 0.3) is 16.9 Å². The molecule has 0 saturated heterocycles. The van der Waals surface area contributed by atoms with E-state index >= 15 is 0 Å². The molecule has 1 aromatic carbocycles. The van der Waals surface area contributed by atoms with Crippen LogP contribution in [0.5, 0.6) is 0 Å². The first-order valence-electron chi connectivity index (χ1n) is 10.3. The summed E-state index contributed by atoms with van der Waals surface area (Å²) in [7, 11) is 0. The molecule has 0 aliphatic carbocycles. The van der Waals surface area contributed by atoms with Gasteiger partial charge in [0.25, 0.3) is 0 Å². The third-order valence-corrected chi connectivity index (χ3v) is 5.92. The van der Waals surface area contributed by atoms with Crippen LogP contribution in [-0.4, -0.2) is 31.0 Å². The van der Waals surface area contributed by atoms with Crippen LogP contribution >= 0.6 is 0 Å². The molecule has 0 radical (unpaired) electrons. The third-order valence-electron chi connectivity index (χ3n) is 5.92. The summed E-state index contributed by atoms with van der Waals surface area (Å²) in [6.07, 6.45) is 6.70. The second-order valence-corrected chi connectivity index (χ2v) is 8.97. The highest BCUT2D eigenvalue weighted by Crippen LogP contribution is 2.44. The van der Waals surface area contributed by atoms with Crippen molar-refractivity contribution in [3.8, 4) is 5.95 Å². The Labute approximate surface area is 171 Å². The van der Waals surface area contributed by atoms with E-state index in [2.05, 4.69) is 87.8 Å². The van der Waals surface area contributed by atoms with Crippen molar-refractivity contribution < 1.29 is 0 Å². The largest absolute Gasteiger partial charge is 0.357 e. The average Bonchev–Trinajstić information content (AvgIpc) is 3.31. The highest BCUT2D eigenvalue weighted by atomic mass is 15.2. The molecule has 5 rings (SSSR count). The summed E-state index contributed by atoms with van der Waals surface area (Å²) in [5, 5.41) is 1.37. The van der Waals surface area contributed by atoms with Crippen molar-refractivity contribution in [3.05, 3.63) is 78.0 Å². The molecule has 0 saturated carbocycles. The highest BCUT2D eigenvalue weighted by molar-refractivity contribution is 5.85. The summed E-state index contributed by atoms with van der Waals surface area (Å²) >= 11 is 0. The van der Waals surface area contributed by atoms with Crippen LogP contribution < -0.4 is 0 Å². The van der Waals surface area contributed by atoms with E-state index < -0.39 is 0 Å². The van der Waals surface area contributed by atoms with Gasteiger partial charge in [-0.15, -0.1) is 0 Å². The zero-order valence-corrected chi connectivity index (χ0v) is 17.3. The monoisotopic (exact) mass is 385 g/mol. The van der Waals surface area contributed by atoms with Crippen LogP contribution in [0.15, 0.2) is 61.1 Å².